The fourth-order valence-corrected chi connectivity index (χ4v) is 1.18. The average Bonchev–Trinajstić information content (AvgIpc) is 2.48. The molecule has 6 nitrogen and oxygen atoms in total. The standard InChI is InChI=1S/C16H26O6/c1-15(2,9-17)11-19-21-13-7-5-6-8-14(13)22-20-12-16(3,4)10-18/h5-8,17-18H,9-12H2,1-4H3. The Morgan fingerprint density at radius 2 is 1.14 bits per heavy atom. The fraction of sp³-hybridized carbons (Fsp3) is 0.625. The van der Waals surface area contributed by atoms with Gasteiger partial charge in [0.1, 0.15) is 13.2 Å². The van der Waals surface area contributed by atoms with Crippen LogP contribution in [-0.4, -0.2) is 36.6 Å². The van der Waals surface area contributed by atoms with Crippen molar-refractivity contribution in [3.05, 3.63) is 24.3 Å². The zero-order valence-corrected chi connectivity index (χ0v) is 13.7. The van der Waals surface area contributed by atoms with Crippen LogP contribution in [0.15, 0.2) is 24.3 Å². The lowest BCUT2D eigenvalue weighted by atomic mass is 9.97. The van der Waals surface area contributed by atoms with Gasteiger partial charge in [0.05, 0.1) is 13.2 Å². The first kappa shape index (κ1) is 18.7. The van der Waals surface area contributed by atoms with Crippen LogP contribution < -0.4 is 9.78 Å². The van der Waals surface area contributed by atoms with Crippen molar-refractivity contribution in [2.75, 3.05) is 26.4 Å². The van der Waals surface area contributed by atoms with Gasteiger partial charge in [0.25, 0.3) is 0 Å². The summed E-state index contributed by atoms with van der Waals surface area (Å²) in [5.74, 6) is 0.746. The third kappa shape index (κ3) is 6.62. The number of aliphatic hydroxyl groups excluding tert-OH is 2. The topological polar surface area (TPSA) is 77.4 Å². The maximum absolute atomic E-state index is 9.16. The van der Waals surface area contributed by atoms with E-state index in [9.17, 15) is 0 Å². The predicted octanol–water partition coefficient (Wildman–Crippen LogP) is 2.34. The molecule has 0 aliphatic heterocycles. The summed E-state index contributed by atoms with van der Waals surface area (Å²) in [4.78, 5) is 20.7. The van der Waals surface area contributed by atoms with Crippen LogP contribution in [0.2, 0.25) is 0 Å². The highest BCUT2D eigenvalue weighted by Gasteiger charge is 2.20. The molecule has 0 aliphatic carbocycles. The van der Waals surface area contributed by atoms with Crippen LogP contribution in [0.1, 0.15) is 27.7 Å². The molecule has 1 rings (SSSR count). The van der Waals surface area contributed by atoms with Gasteiger partial charge < -0.3 is 20.0 Å². The molecule has 0 radical (unpaired) electrons. The molecule has 0 heterocycles. The first-order valence-corrected chi connectivity index (χ1v) is 7.19. The molecule has 2 N–H and O–H groups in total. The second kappa shape index (κ2) is 8.33. The van der Waals surface area contributed by atoms with E-state index in [2.05, 4.69) is 0 Å². The summed E-state index contributed by atoms with van der Waals surface area (Å²) in [5, 5.41) is 18.3. The van der Waals surface area contributed by atoms with Gasteiger partial charge >= 0.3 is 0 Å². The van der Waals surface area contributed by atoms with E-state index in [1.807, 2.05) is 27.7 Å². The third-order valence-corrected chi connectivity index (χ3v) is 2.90. The van der Waals surface area contributed by atoms with Gasteiger partial charge in [0, 0.05) is 10.8 Å². The van der Waals surface area contributed by atoms with E-state index in [4.69, 9.17) is 29.8 Å². The highest BCUT2D eigenvalue weighted by molar-refractivity contribution is 5.38. The van der Waals surface area contributed by atoms with Crippen molar-refractivity contribution in [1.82, 2.24) is 0 Å². The number of aliphatic hydroxyl groups is 2. The maximum atomic E-state index is 9.16. The number of hydrogen-bond acceptors (Lipinski definition) is 6. The molecule has 0 aromatic heterocycles. The number of benzene rings is 1. The highest BCUT2D eigenvalue weighted by atomic mass is 17.2. The van der Waals surface area contributed by atoms with Crippen molar-refractivity contribution in [2.45, 2.75) is 27.7 Å². The van der Waals surface area contributed by atoms with Gasteiger partial charge in [-0.25, -0.2) is 0 Å². The minimum Gasteiger partial charge on any atom is -0.396 e. The minimum atomic E-state index is -0.391. The number of para-hydroxylation sites is 2. The van der Waals surface area contributed by atoms with E-state index in [0.29, 0.717) is 11.5 Å². The second-order valence-electron chi connectivity index (χ2n) is 6.78. The van der Waals surface area contributed by atoms with Gasteiger partial charge in [-0.1, -0.05) is 39.8 Å². The zero-order valence-electron chi connectivity index (χ0n) is 13.7. The van der Waals surface area contributed by atoms with Crippen molar-refractivity contribution >= 4 is 0 Å². The summed E-state index contributed by atoms with van der Waals surface area (Å²) >= 11 is 0. The summed E-state index contributed by atoms with van der Waals surface area (Å²) in [6, 6.07) is 6.92. The van der Waals surface area contributed by atoms with Crippen molar-refractivity contribution in [1.29, 1.82) is 0 Å². The van der Waals surface area contributed by atoms with E-state index in [-0.39, 0.29) is 26.4 Å². The largest absolute Gasteiger partial charge is 0.396 e. The molecule has 0 fully saturated rings. The molecule has 22 heavy (non-hydrogen) atoms. The summed E-state index contributed by atoms with van der Waals surface area (Å²) in [6.07, 6.45) is 0. The monoisotopic (exact) mass is 314 g/mol. The molecule has 126 valence electrons. The van der Waals surface area contributed by atoms with Gasteiger partial charge in [-0.05, 0) is 12.1 Å². The Labute approximate surface area is 131 Å². The van der Waals surface area contributed by atoms with E-state index in [1.54, 1.807) is 24.3 Å². The smallest absolute Gasteiger partial charge is 0.211 e. The van der Waals surface area contributed by atoms with Gasteiger partial charge in [-0.15, -0.1) is 0 Å². The molecule has 0 spiro atoms. The first-order valence-electron chi connectivity index (χ1n) is 7.19. The quantitative estimate of drug-likeness (QED) is 0.510. The Kier molecular flexibility index (Phi) is 7.09. The normalized spacial score (nSPS) is 12.3. The van der Waals surface area contributed by atoms with Crippen molar-refractivity contribution in [2.24, 2.45) is 10.8 Å². The Hall–Kier alpha value is -1.34. The van der Waals surface area contributed by atoms with Crippen LogP contribution in [0.25, 0.3) is 0 Å². The molecule has 1 aromatic rings. The van der Waals surface area contributed by atoms with Crippen LogP contribution in [0.5, 0.6) is 11.5 Å². The van der Waals surface area contributed by atoms with Crippen LogP contribution in [-0.2, 0) is 9.78 Å². The molecule has 0 atom stereocenters. The SMILES string of the molecule is CC(C)(CO)COOc1ccccc1OOCC(C)(C)CO. The minimum absolute atomic E-state index is 0.00609. The van der Waals surface area contributed by atoms with E-state index >= 15 is 0 Å². The van der Waals surface area contributed by atoms with Gasteiger partial charge in [-0.2, -0.15) is 9.78 Å². The van der Waals surface area contributed by atoms with Crippen LogP contribution >= 0.6 is 0 Å². The Morgan fingerprint density at radius 3 is 1.45 bits per heavy atom. The van der Waals surface area contributed by atoms with Crippen molar-refractivity contribution in [3.63, 3.8) is 0 Å². The van der Waals surface area contributed by atoms with Crippen molar-refractivity contribution in [3.8, 4) is 11.5 Å². The van der Waals surface area contributed by atoms with Gasteiger partial charge in [-0.3, -0.25) is 0 Å². The summed E-state index contributed by atoms with van der Waals surface area (Å²) in [6.45, 7) is 7.89. The predicted molar refractivity (Wildman–Crippen MR) is 81.3 cm³/mol. The number of rotatable bonds is 10. The Balaban J connectivity index is 2.51. The molecule has 1 aromatic carbocycles. The maximum Gasteiger partial charge on any atom is 0.211 e. The Morgan fingerprint density at radius 1 is 0.773 bits per heavy atom. The fourth-order valence-electron chi connectivity index (χ4n) is 1.18. The molecular formula is C16H26O6. The lowest BCUT2D eigenvalue weighted by Crippen LogP contribution is -2.25. The molecule has 0 amide bonds. The second-order valence-corrected chi connectivity index (χ2v) is 6.78. The summed E-state index contributed by atoms with van der Waals surface area (Å²) in [7, 11) is 0. The molecule has 0 saturated heterocycles. The van der Waals surface area contributed by atoms with Crippen molar-refractivity contribution < 1.29 is 29.8 Å². The number of hydrogen-bond donors (Lipinski definition) is 2. The van der Waals surface area contributed by atoms with E-state index < -0.39 is 10.8 Å². The average molecular weight is 314 g/mol. The zero-order chi connectivity index (χ0) is 16.6. The molecule has 0 saturated carbocycles. The van der Waals surface area contributed by atoms with E-state index in [0.717, 1.165) is 0 Å². The summed E-state index contributed by atoms with van der Waals surface area (Å²) in [5.41, 5.74) is -0.783. The van der Waals surface area contributed by atoms with E-state index in [1.165, 1.54) is 0 Å². The highest BCUT2D eigenvalue weighted by Crippen LogP contribution is 2.28. The first-order chi connectivity index (χ1) is 10.3. The van der Waals surface area contributed by atoms with Crippen LogP contribution in [0, 0.1) is 10.8 Å². The molecular weight excluding hydrogens is 288 g/mol. The van der Waals surface area contributed by atoms with Gasteiger partial charge in [0.2, 0.25) is 11.5 Å². The molecule has 0 bridgehead atoms. The lowest BCUT2D eigenvalue weighted by molar-refractivity contribution is -0.248. The molecule has 0 aliphatic rings. The molecule has 6 heteroatoms. The van der Waals surface area contributed by atoms with Crippen LogP contribution in [0.3, 0.4) is 0 Å². The Bertz CT molecular complexity index is 403. The lowest BCUT2D eigenvalue weighted by Gasteiger charge is -2.21. The summed E-state index contributed by atoms with van der Waals surface area (Å²) < 4.78 is 0. The third-order valence-electron chi connectivity index (χ3n) is 2.90. The molecule has 0 unspecified atom stereocenters. The van der Waals surface area contributed by atoms with Gasteiger partial charge in [0.15, 0.2) is 0 Å². The van der Waals surface area contributed by atoms with Crippen LogP contribution in [0.4, 0.5) is 0 Å².